The summed E-state index contributed by atoms with van der Waals surface area (Å²) in [5, 5.41) is 25.6. The molecule has 0 amide bonds. The first-order valence-electron chi connectivity index (χ1n) is 6.27. The van der Waals surface area contributed by atoms with Crippen molar-refractivity contribution in [1.29, 1.82) is 0 Å². The van der Waals surface area contributed by atoms with E-state index in [1.165, 1.54) is 10.9 Å². The van der Waals surface area contributed by atoms with Gasteiger partial charge in [-0.1, -0.05) is 30.3 Å². The van der Waals surface area contributed by atoms with E-state index in [1.807, 2.05) is 30.3 Å². The molecule has 0 saturated carbocycles. The highest BCUT2D eigenvalue weighted by Crippen LogP contribution is 2.14. The number of hydrogen-bond donors (Lipinski definition) is 3. The molecule has 0 radical (unpaired) electrons. The molecule has 0 fully saturated rings. The molecule has 20 heavy (non-hydrogen) atoms. The Morgan fingerprint density at radius 3 is 2.70 bits per heavy atom. The smallest absolute Gasteiger partial charge is 0.339 e. The van der Waals surface area contributed by atoms with Crippen molar-refractivity contribution in [2.45, 2.75) is 12.6 Å². The van der Waals surface area contributed by atoms with E-state index >= 15 is 0 Å². The van der Waals surface area contributed by atoms with E-state index in [-0.39, 0.29) is 18.2 Å². The molecule has 106 valence electrons. The number of carboxylic acid groups (broad SMARTS) is 1. The third-order valence-electron chi connectivity index (χ3n) is 3.19. The standard InChI is InChI=1S/C14H17N3O3/c1-17-13(11(7-16-17)14(19)20)8-15-12(9-18)10-5-3-2-4-6-10/h2-7,12,15,18H,8-9H2,1H3,(H,19,20). The number of rotatable bonds is 6. The number of benzene rings is 1. The maximum atomic E-state index is 11.1. The average molecular weight is 275 g/mol. The average Bonchev–Trinajstić information content (AvgIpc) is 2.82. The Balaban J connectivity index is 2.11. The van der Waals surface area contributed by atoms with E-state index in [2.05, 4.69) is 10.4 Å². The van der Waals surface area contributed by atoms with Crippen LogP contribution in [0.2, 0.25) is 0 Å². The van der Waals surface area contributed by atoms with Crippen molar-refractivity contribution in [3.63, 3.8) is 0 Å². The number of carbonyl (C=O) groups is 1. The Kier molecular flexibility index (Phi) is 4.49. The molecule has 1 atom stereocenters. The van der Waals surface area contributed by atoms with Gasteiger partial charge in [-0.3, -0.25) is 4.68 Å². The number of nitrogens with zero attached hydrogens (tertiary/aromatic N) is 2. The van der Waals surface area contributed by atoms with Crippen LogP contribution in [0, 0.1) is 0 Å². The first kappa shape index (κ1) is 14.2. The van der Waals surface area contributed by atoms with Crippen LogP contribution in [0.25, 0.3) is 0 Å². The van der Waals surface area contributed by atoms with Crippen LogP contribution in [0.15, 0.2) is 36.5 Å². The van der Waals surface area contributed by atoms with E-state index < -0.39 is 5.97 Å². The summed E-state index contributed by atoms with van der Waals surface area (Å²) in [6, 6.07) is 9.28. The number of aromatic nitrogens is 2. The first-order valence-corrected chi connectivity index (χ1v) is 6.27. The van der Waals surface area contributed by atoms with Crippen molar-refractivity contribution in [2.75, 3.05) is 6.61 Å². The van der Waals surface area contributed by atoms with Crippen LogP contribution in [0.1, 0.15) is 27.7 Å². The largest absolute Gasteiger partial charge is 0.478 e. The van der Waals surface area contributed by atoms with Gasteiger partial charge in [-0.2, -0.15) is 5.10 Å². The monoisotopic (exact) mass is 275 g/mol. The highest BCUT2D eigenvalue weighted by atomic mass is 16.4. The SMILES string of the molecule is Cn1ncc(C(=O)O)c1CNC(CO)c1ccccc1. The van der Waals surface area contributed by atoms with Gasteiger partial charge in [-0.05, 0) is 5.56 Å². The van der Waals surface area contributed by atoms with Crippen LogP contribution in [0.3, 0.4) is 0 Å². The van der Waals surface area contributed by atoms with Gasteiger partial charge in [0.25, 0.3) is 0 Å². The van der Waals surface area contributed by atoms with Crippen LogP contribution in [0.5, 0.6) is 0 Å². The maximum absolute atomic E-state index is 11.1. The van der Waals surface area contributed by atoms with Gasteiger partial charge in [-0.15, -0.1) is 0 Å². The van der Waals surface area contributed by atoms with E-state index in [4.69, 9.17) is 5.11 Å². The molecule has 0 bridgehead atoms. The first-order chi connectivity index (χ1) is 9.63. The molecule has 0 aliphatic heterocycles. The van der Waals surface area contributed by atoms with E-state index in [0.29, 0.717) is 12.2 Å². The van der Waals surface area contributed by atoms with Gasteiger partial charge < -0.3 is 15.5 Å². The summed E-state index contributed by atoms with van der Waals surface area (Å²) in [6.07, 6.45) is 1.33. The minimum atomic E-state index is -1.00. The number of carboxylic acids is 1. The summed E-state index contributed by atoms with van der Waals surface area (Å²) < 4.78 is 1.52. The van der Waals surface area contributed by atoms with Crippen LogP contribution >= 0.6 is 0 Å². The molecule has 6 heteroatoms. The van der Waals surface area contributed by atoms with Crippen molar-refractivity contribution in [3.8, 4) is 0 Å². The minimum Gasteiger partial charge on any atom is -0.478 e. The summed E-state index contributed by atoms with van der Waals surface area (Å²) in [7, 11) is 1.69. The predicted molar refractivity (Wildman–Crippen MR) is 73.3 cm³/mol. The van der Waals surface area contributed by atoms with Crippen molar-refractivity contribution >= 4 is 5.97 Å². The van der Waals surface area contributed by atoms with Gasteiger partial charge in [0.1, 0.15) is 5.56 Å². The topological polar surface area (TPSA) is 87.4 Å². The Bertz CT molecular complexity index is 581. The van der Waals surface area contributed by atoms with Crippen LogP contribution in [-0.4, -0.2) is 32.6 Å². The predicted octanol–water partition coefficient (Wildman–Crippen LogP) is 0.941. The van der Waals surface area contributed by atoms with Gasteiger partial charge in [0, 0.05) is 13.6 Å². The molecule has 1 heterocycles. The van der Waals surface area contributed by atoms with Crippen molar-refractivity contribution in [2.24, 2.45) is 7.05 Å². The molecule has 1 aromatic heterocycles. The number of aliphatic hydroxyl groups excluding tert-OH is 1. The molecule has 2 rings (SSSR count). The lowest BCUT2D eigenvalue weighted by atomic mass is 10.1. The summed E-state index contributed by atoms with van der Waals surface area (Å²) in [5.41, 5.74) is 1.70. The molecule has 0 aliphatic rings. The number of hydrogen-bond acceptors (Lipinski definition) is 4. The zero-order valence-corrected chi connectivity index (χ0v) is 11.2. The summed E-state index contributed by atoms with van der Waals surface area (Å²) >= 11 is 0. The van der Waals surface area contributed by atoms with E-state index in [1.54, 1.807) is 7.05 Å². The molecule has 0 spiro atoms. The quantitative estimate of drug-likeness (QED) is 0.730. The molecule has 0 aliphatic carbocycles. The lowest BCUT2D eigenvalue weighted by molar-refractivity contribution is 0.0695. The summed E-state index contributed by atoms with van der Waals surface area (Å²) in [4.78, 5) is 11.1. The minimum absolute atomic E-state index is 0.0652. The maximum Gasteiger partial charge on any atom is 0.339 e. The van der Waals surface area contributed by atoms with Crippen LogP contribution in [-0.2, 0) is 13.6 Å². The highest BCUT2D eigenvalue weighted by molar-refractivity contribution is 5.88. The molecular formula is C14H17N3O3. The van der Waals surface area contributed by atoms with Crippen molar-refractivity contribution < 1.29 is 15.0 Å². The molecule has 3 N–H and O–H groups in total. The number of aromatic carboxylic acids is 1. The van der Waals surface area contributed by atoms with Gasteiger partial charge >= 0.3 is 5.97 Å². The van der Waals surface area contributed by atoms with Crippen molar-refractivity contribution in [1.82, 2.24) is 15.1 Å². The number of aliphatic hydroxyl groups is 1. The van der Waals surface area contributed by atoms with Crippen LogP contribution in [0.4, 0.5) is 0 Å². The zero-order chi connectivity index (χ0) is 14.5. The van der Waals surface area contributed by atoms with Gasteiger partial charge in [0.05, 0.1) is 24.5 Å². The Morgan fingerprint density at radius 1 is 1.40 bits per heavy atom. The molecule has 0 saturated heterocycles. The van der Waals surface area contributed by atoms with Gasteiger partial charge in [0.15, 0.2) is 0 Å². The van der Waals surface area contributed by atoms with Crippen molar-refractivity contribution in [3.05, 3.63) is 53.3 Å². The fourth-order valence-electron chi connectivity index (χ4n) is 2.04. The fraction of sp³-hybridized carbons (Fsp3) is 0.286. The Morgan fingerprint density at radius 2 is 2.10 bits per heavy atom. The fourth-order valence-corrected chi connectivity index (χ4v) is 2.04. The Hall–Kier alpha value is -2.18. The van der Waals surface area contributed by atoms with E-state index in [9.17, 15) is 9.90 Å². The molecule has 1 aromatic carbocycles. The lowest BCUT2D eigenvalue weighted by Crippen LogP contribution is -2.26. The highest BCUT2D eigenvalue weighted by Gasteiger charge is 2.16. The second kappa shape index (κ2) is 6.31. The third-order valence-corrected chi connectivity index (χ3v) is 3.19. The second-order valence-corrected chi connectivity index (χ2v) is 4.46. The lowest BCUT2D eigenvalue weighted by Gasteiger charge is -2.17. The Labute approximate surface area is 116 Å². The van der Waals surface area contributed by atoms with Gasteiger partial charge in [-0.25, -0.2) is 4.79 Å². The van der Waals surface area contributed by atoms with E-state index in [0.717, 1.165) is 5.56 Å². The summed E-state index contributed by atoms with van der Waals surface area (Å²) in [6.45, 7) is 0.253. The second-order valence-electron chi connectivity index (χ2n) is 4.46. The molecule has 6 nitrogen and oxygen atoms in total. The zero-order valence-electron chi connectivity index (χ0n) is 11.2. The van der Waals surface area contributed by atoms with Crippen LogP contribution < -0.4 is 5.32 Å². The summed E-state index contributed by atoms with van der Waals surface area (Å²) in [5.74, 6) is -1.00. The normalized spacial score (nSPS) is 12.3. The molecule has 1 unspecified atom stereocenters. The third kappa shape index (κ3) is 3.04. The number of nitrogens with one attached hydrogen (secondary N) is 1. The number of aryl methyl sites for hydroxylation is 1. The molecular weight excluding hydrogens is 258 g/mol. The molecule has 2 aromatic rings. The van der Waals surface area contributed by atoms with Gasteiger partial charge in [0.2, 0.25) is 0 Å².